The number of nitrogens with two attached hydrogens (primary N) is 1. The van der Waals surface area contributed by atoms with Crippen LogP contribution in [0.25, 0.3) is 0 Å². The van der Waals surface area contributed by atoms with Crippen LogP contribution in [0.5, 0.6) is 0 Å². The Bertz CT molecular complexity index is 580. The van der Waals surface area contributed by atoms with Crippen molar-refractivity contribution in [2.24, 2.45) is 11.7 Å². The normalized spacial score (nSPS) is 15.6. The summed E-state index contributed by atoms with van der Waals surface area (Å²) in [6.45, 7) is 7.88. The van der Waals surface area contributed by atoms with E-state index in [9.17, 15) is 9.59 Å². The molecule has 0 bridgehead atoms. The van der Waals surface area contributed by atoms with Crippen molar-refractivity contribution in [1.82, 2.24) is 5.32 Å². The van der Waals surface area contributed by atoms with E-state index < -0.39 is 12.1 Å². The van der Waals surface area contributed by atoms with Crippen LogP contribution in [0.3, 0.4) is 0 Å². The highest BCUT2D eigenvalue weighted by atomic mass is 16.2. The van der Waals surface area contributed by atoms with Gasteiger partial charge in [-0.25, -0.2) is 4.79 Å². The molecule has 6 heteroatoms. The van der Waals surface area contributed by atoms with E-state index in [0.29, 0.717) is 0 Å². The molecule has 0 spiro atoms. The van der Waals surface area contributed by atoms with E-state index in [1.165, 1.54) is 18.5 Å². The van der Waals surface area contributed by atoms with Gasteiger partial charge in [0.1, 0.15) is 6.04 Å². The molecular weight excluding hydrogens is 292 g/mol. The van der Waals surface area contributed by atoms with Crippen LogP contribution in [-0.2, 0) is 4.79 Å². The molecule has 3 amide bonds. The summed E-state index contributed by atoms with van der Waals surface area (Å²) in [7, 11) is 0. The molecule has 4 N–H and O–H groups in total. The Labute approximate surface area is 137 Å². The average Bonchev–Trinajstić information content (AvgIpc) is 3.00. The van der Waals surface area contributed by atoms with Gasteiger partial charge >= 0.3 is 6.03 Å². The van der Waals surface area contributed by atoms with Gasteiger partial charge in [-0.2, -0.15) is 0 Å². The van der Waals surface area contributed by atoms with Crippen LogP contribution < -0.4 is 21.3 Å². The maximum absolute atomic E-state index is 12.4. The van der Waals surface area contributed by atoms with Gasteiger partial charge in [-0.05, 0) is 49.4 Å². The molecule has 1 aliphatic rings. The van der Waals surface area contributed by atoms with E-state index in [2.05, 4.69) is 21.6 Å². The van der Waals surface area contributed by atoms with E-state index in [1.807, 2.05) is 32.9 Å². The molecule has 1 fully saturated rings. The Morgan fingerprint density at radius 3 is 2.39 bits per heavy atom. The van der Waals surface area contributed by atoms with Crippen molar-refractivity contribution in [2.75, 3.05) is 23.3 Å². The zero-order valence-electron chi connectivity index (χ0n) is 14.1. The second-order valence-corrected chi connectivity index (χ2v) is 6.41. The summed E-state index contributed by atoms with van der Waals surface area (Å²) in [6.07, 6.45) is 2.46. The Kier molecular flexibility index (Phi) is 5.47. The van der Waals surface area contributed by atoms with Gasteiger partial charge in [-0.3, -0.25) is 4.79 Å². The van der Waals surface area contributed by atoms with Crippen molar-refractivity contribution in [1.29, 1.82) is 0 Å². The highest BCUT2D eigenvalue weighted by Gasteiger charge is 2.24. The van der Waals surface area contributed by atoms with Gasteiger partial charge in [0.2, 0.25) is 5.91 Å². The van der Waals surface area contributed by atoms with E-state index in [0.717, 1.165) is 24.3 Å². The molecule has 6 nitrogen and oxygen atoms in total. The predicted molar refractivity (Wildman–Crippen MR) is 92.6 cm³/mol. The zero-order chi connectivity index (χ0) is 17.0. The van der Waals surface area contributed by atoms with Gasteiger partial charge in [0.25, 0.3) is 0 Å². The maximum Gasteiger partial charge on any atom is 0.312 e. The molecule has 1 atom stereocenters. The molecule has 1 aliphatic heterocycles. The first-order valence-corrected chi connectivity index (χ1v) is 8.11. The van der Waals surface area contributed by atoms with Gasteiger partial charge in [0, 0.05) is 24.5 Å². The maximum atomic E-state index is 12.4. The molecule has 2 rings (SSSR count). The lowest BCUT2D eigenvalue weighted by Gasteiger charge is -2.22. The lowest BCUT2D eigenvalue weighted by Crippen LogP contribution is -2.49. The molecule has 126 valence electrons. The number of aryl methyl sites for hydroxylation is 1. The Morgan fingerprint density at radius 1 is 1.22 bits per heavy atom. The number of carbonyl (C=O) groups is 2. The Morgan fingerprint density at radius 2 is 1.87 bits per heavy atom. The van der Waals surface area contributed by atoms with Crippen LogP contribution in [0.1, 0.15) is 32.3 Å². The lowest BCUT2D eigenvalue weighted by molar-refractivity contribution is -0.118. The molecule has 0 aliphatic carbocycles. The lowest BCUT2D eigenvalue weighted by atomic mass is 10.0. The number of hydrogen-bond donors (Lipinski definition) is 3. The third kappa shape index (κ3) is 4.37. The van der Waals surface area contributed by atoms with E-state index in [4.69, 9.17) is 5.73 Å². The molecule has 23 heavy (non-hydrogen) atoms. The van der Waals surface area contributed by atoms with E-state index in [1.54, 1.807) is 0 Å². The number of nitrogens with zero attached hydrogens (tertiary/aromatic N) is 1. The molecule has 1 unspecified atom stereocenters. The molecule has 0 saturated carbocycles. The molecule has 0 radical (unpaired) electrons. The largest absolute Gasteiger partial charge is 0.372 e. The average molecular weight is 318 g/mol. The van der Waals surface area contributed by atoms with Crippen molar-refractivity contribution in [2.45, 2.75) is 39.7 Å². The summed E-state index contributed by atoms with van der Waals surface area (Å²) in [5.41, 5.74) is 8.10. The summed E-state index contributed by atoms with van der Waals surface area (Å²) in [4.78, 5) is 25.8. The minimum atomic E-state index is -0.694. The van der Waals surface area contributed by atoms with Gasteiger partial charge in [-0.15, -0.1) is 0 Å². The van der Waals surface area contributed by atoms with Gasteiger partial charge in [0.15, 0.2) is 0 Å². The highest BCUT2D eigenvalue weighted by Crippen LogP contribution is 2.25. The van der Waals surface area contributed by atoms with Crippen LogP contribution in [0, 0.1) is 12.8 Å². The summed E-state index contributed by atoms with van der Waals surface area (Å²) in [5, 5.41) is 5.38. The van der Waals surface area contributed by atoms with E-state index >= 15 is 0 Å². The fourth-order valence-electron chi connectivity index (χ4n) is 2.86. The molecular formula is C17H26N4O2. The second-order valence-electron chi connectivity index (χ2n) is 6.41. The number of carbonyl (C=O) groups excluding carboxylic acids is 2. The number of rotatable bonds is 5. The van der Waals surface area contributed by atoms with Gasteiger partial charge in [-0.1, -0.05) is 13.8 Å². The van der Waals surface area contributed by atoms with Crippen molar-refractivity contribution >= 4 is 23.3 Å². The number of anilines is 2. The monoisotopic (exact) mass is 318 g/mol. The predicted octanol–water partition coefficient (Wildman–Crippen LogP) is 2.23. The molecule has 1 heterocycles. The van der Waals surface area contributed by atoms with Crippen LogP contribution in [0.15, 0.2) is 18.2 Å². The number of hydrogen-bond acceptors (Lipinski definition) is 3. The quantitative estimate of drug-likeness (QED) is 0.778. The molecule has 1 saturated heterocycles. The molecule has 1 aromatic rings. The third-order valence-corrected chi connectivity index (χ3v) is 4.19. The second kappa shape index (κ2) is 7.35. The minimum absolute atomic E-state index is 0.0494. The van der Waals surface area contributed by atoms with Crippen molar-refractivity contribution in [3.05, 3.63) is 23.8 Å². The number of benzene rings is 1. The summed E-state index contributed by atoms with van der Waals surface area (Å²) in [5.74, 6) is -0.303. The summed E-state index contributed by atoms with van der Waals surface area (Å²) in [6, 6.07) is 4.69. The summed E-state index contributed by atoms with van der Waals surface area (Å²) >= 11 is 0. The molecule has 1 aromatic carbocycles. The van der Waals surface area contributed by atoms with Crippen LogP contribution >= 0.6 is 0 Å². The minimum Gasteiger partial charge on any atom is -0.372 e. The third-order valence-electron chi connectivity index (χ3n) is 4.19. The van der Waals surface area contributed by atoms with Crippen LogP contribution in [-0.4, -0.2) is 31.1 Å². The first kappa shape index (κ1) is 17.1. The standard InChI is InChI=1S/C17H26N4O2/c1-11(2)15(20-17(18)23)16(22)19-14-7-6-13(10-12(14)3)21-8-4-5-9-21/h6-7,10-11,15H,4-5,8-9H2,1-3H3,(H,19,22)(H3,18,20,23). The van der Waals surface area contributed by atoms with Crippen LogP contribution in [0.2, 0.25) is 0 Å². The number of amides is 3. The smallest absolute Gasteiger partial charge is 0.312 e. The molecule has 0 aromatic heterocycles. The van der Waals surface area contributed by atoms with Crippen LogP contribution in [0.4, 0.5) is 16.2 Å². The zero-order valence-corrected chi connectivity index (χ0v) is 14.1. The fourth-order valence-corrected chi connectivity index (χ4v) is 2.86. The Hall–Kier alpha value is -2.24. The summed E-state index contributed by atoms with van der Waals surface area (Å²) < 4.78 is 0. The highest BCUT2D eigenvalue weighted by molar-refractivity contribution is 5.97. The van der Waals surface area contributed by atoms with Crippen molar-refractivity contribution < 1.29 is 9.59 Å². The first-order valence-electron chi connectivity index (χ1n) is 8.11. The van der Waals surface area contributed by atoms with Crippen molar-refractivity contribution in [3.63, 3.8) is 0 Å². The first-order chi connectivity index (χ1) is 10.9. The topological polar surface area (TPSA) is 87.5 Å². The van der Waals surface area contributed by atoms with Crippen molar-refractivity contribution in [3.8, 4) is 0 Å². The van der Waals surface area contributed by atoms with Gasteiger partial charge in [0.05, 0.1) is 0 Å². The SMILES string of the molecule is Cc1cc(N2CCCC2)ccc1NC(=O)C(NC(N)=O)C(C)C. The number of primary amides is 1. The van der Waals surface area contributed by atoms with E-state index in [-0.39, 0.29) is 11.8 Å². The Balaban J connectivity index is 2.09. The van der Waals surface area contributed by atoms with Gasteiger partial charge < -0.3 is 21.3 Å². The fraction of sp³-hybridized carbons (Fsp3) is 0.529. The number of urea groups is 1. The number of nitrogens with one attached hydrogen (secondary N) is 2.